The zero-order valence-electron chi connectivity index (χ0n) is 9.63. The van der Waals surface area contributed by atoms with Gasteiger partial charge in [-0.15, -0.1) is 0 Å². The molecule has 1 aliphatic carbocycles. The maximum absolute atomic E-state index is 13.7. The maximum atomic E-state index is 13.7. The molecule has 0 aliphatic heterocycles. The molecule has 17 heavy (non-hydrogen) atoms. The van der Waals surface area contributed by atoms with Crippen molar-refractivity contribution < 1.29 is 9.50 Å². The average Bonchev–Trinajstić information content (AvgIpc) is 2.65. The Morgan fingerprint density at radius 1 is 1.53 bits per heavy atom. The van der Waals surface area contributed by atoms with E-state index in [1.165, 1.54) is 6.07 Å². The van der Waals surface area contributed by atoms with Gasteiger partial charge in [-0.2, -0.15) is 0 Å². The summed E-state index contributed by atoms with van der Waals surface area (Å²) in [6, 6.07) is 4.66. The summed E-state index contributed by atoms with van der Waals surface area (Å²) >= 11 is 5.72. The van der Waals surface area contributed by atoms with Crippen LogP contribution in [0.2, 0.25) is 5.02 Å². The van der Waals surface area contributed by atoms with Crippen molar-refractivity contribution in [2.24, 2.45) is 11.1 Å². The molecule has 2 nitrogen and oxygen atoms in total. The molecule has 1 aromatic rings. The Bertz CT molecular complexity index is 412. The van der Waals surface area contributed by atoms with Gasteiger partial charge in [-0.25, -0.2) is 4.39 Å². The van der Waals surface area contributed by atoms with Crippen LogP contribution in [0.15, 0.2) is 18.2 Å². The quantitative estimate of drug-likeness (QED) is 0.874. The SMILES string of the molecule is NCC1(Cc2ccc(Cl)cc2F)CCCC1O. The zero-order valence-corrected chi connectivity index (χ0v) is 10.4. The van der Waals surface area contributed by atoms with Gasteiger partial charge in [0.05, 0.1) is 6.10 Å². The van der Waals surface area contributed by atoms with E-state index in [0.29, 0.717) is 23.6 Å². The minimum atomic E-state index is -0.428. The van der Waals surface area contributed by atoms with Crippen LogP contribution in [0.4, 0.5) is 4.39 Å². The van der Waals surface area contributed by atoms with Gasteiger partial charge < -0.3 is 10.8 Å². The van der Waals surface area contributed by atoms with Gasteiger partial charge >= 0.3 is 0 Å². The van der Waals surface area contributed by atoms with Gasteiger partial charge in [-0.05, 0) is 37.0 Å². The maximum Gasteiger partial charge on any atom is 0.127 e. The number of nitrogens with two attached hydrogens (primary N) is 1. The molecule has 2 rings (SSSR count). The largest absolute Gasteiger partial charge is 0.392 e. The predicted molar refractivity (Wildman–Crippen MR) is 66.5 cm³/mol. The minimum Gasteiger partial charge on any atom is -0.392 e. The molecule has 0 amide bonds. The van der Waals surface area contributed by atoms with Crippen LogP contribution in [0.1, 0.15) is 24.8 Å². The van der Waals surface area contributed by atoms with Crippen molar-refractivity contribution in [3.05, 3.63) is 34.6 Å². The van der Waals surface area contributed by atoms with Crippen molar-refractivity contribution in [1.82, 2.24) is 0 Å². The first-order chi connectivity index (χ1) is 8.07. The van der Waals surface area contributed by atoms with E-state index in [4.69, 9.17) is 17.3 Å². The molecule has 0 bridgehead atoms. The van der Waals surface area contributed by atoms with Gasteiger partial charge in [-0.3, -0.25) is 0 Å². The van der Waals surface area contributed by atoms with E-state index in [-0.39, 0.29) is 11.2 Å². The third kappa shape index (κ3) is 2.46. The zero-order chi connectivity index (χ0) is 12.5. The van der Waals surface area contributed by atoms with E-state index in [1.807, 2.05) is 0 Å². The molecule has 1 saturated carbocycles. The van der Waals surface area contributed by atoms with E-state index in [2.05, 4.69) is 0 Å². The summed E-state index contributed by atoms with van der Waals surface area (Å²) in [7, 11) is 0. The Balaban J connectivity index is 2.24. The van der Waals surface area contributed by atoms with E-state index >= 15 is 0 Å². The molecule has 3 N–H and O–H groups in total. The van der Waals surface area contributed by atoms with Crippen molar-refractivity contribution in [1.29, 1.82) is 0 Å². The standard InChI is InChI=1S/C13H17ClFNO/c14-10-4-3-9(11(15)6-10)7-13(8-16)5-1-2-12(13)17/h3-4,6,12,17H,1-2,5,7-8,16H2. The first-order valence-corrected chi connectivity index (χ1v) is 6.27. The number of hydrogen-bond acceptors (Lipinski definition) is 2. The van der Waals surface area contributed by atoms with Gasteiger partial charge in [0.15, 0.2) is 0 Å². The molecule has 0 spiro atoms. The first kappa shape index (κ1) is 12.8. The van der Waals surface area contributed by atoms with Crippen molar-refractivity contribution in [2.75, 3.05) is 6.54 Å². The lowest BCUT2D eigenvalue weighted by Crippen LogP contribution is -2.39. The lowest BCUT2D eigenvalue weighted by molar-refractivity contribution is 0.0582. The fourth-order valence-corrected chi connectivity index (χ4v) is 2.84. The van der Waals surface area contributed by atoms with Gasteiger partial charge in [0.25, 0.3) is 0 Å². The number of benzene rings is 1. The van der Waals surface area contributed by atoms with E-state index < -0.39 is 6.10 Å². The number of halogens is 2. The number of aliphatic hydroxyl groups is 1. The molecular weight excluding hydrogens is 241 g/mol. The molecule has 94 valence electrons. The Morgan fingerprint density at radius 3 is 2.82 bits per heavy atom. The van der Waals surface area contributed by atoms with Gasteiger partial charge in [0.2, 0.25) is 0 Å². The van der Waals surface area contributed by atoms with Crippen LogP contribution in [0, 0.1) is 11.2 Å². The molecule has 1 aliphatic rings. The molecule has 2 unspecified atom stereocenters. The molecule has 0 heterocycles. The van der Waals surface area contributed by atoms with Crippen LogP contribution in [-0.2, 0) is 6.42 Å². The monoisotopic (exact) mass is 257 g/mol. The molecule has 0 saturated heterocycles. The summed E-state index contributed by atoms with van der Waals surface area (Å²) in [6.45, 7) is 0.385. The summed E-state index contributed by atoms with van der Waals surface area (Å²) in [5.41, 5.74) is 6.00. The topological polar surface area (TPSA) is 46.2 Å². The molecule has 4 heteroatoms. The second kappa shape index (κ2) is 4.92. The van der Waals surface area contributed by atoms with E-state index in [0.717, 1.165) is 19.3 Å². The van der Waals surface area contributed by atoms with Crippen molar-refractivity contribution in [2.45, 2.75) is 31.8 Å². The highest BCUT2D eigenvalue weighted by Gasteiger charge is 2.41. The Morgan fingerprint density at radius 2 is 2.29 bits per heavy atom. The van der Waals surface area contributed by atoms with Crippen LogP contribution < -0.4 is 5.73 Å². The van der Waals surface area contributed by atoms with Crippen molar-refractivity contribution in [3.8, 4) is 0 Å². The Hall–Kier alpha value is -0.640. The van der Waals surface area contributed by atoms with E-state index in [1.54, 1.807) is 12.1 Å². The third-order valence-corrected chi connectivity index (χ3v) is 4.06. The van der Waals surface area contributed by atoms with Crippen LogP contribution in [0.25, 0.3) is 0 Å². The normalized spacial score (nSPS) is 28.6. The van der Waals surface area contributed by atoms with E-state index in [9.17, 15) is 9.50 Å². The predicted octanol–water partition coefficient (Wildman–Crippen LogP) is 2.51. The van der Waals surface area contributed by atoms with Gasteiger partial charge in [-0.1, -0.05) is 24.1 Å². The highest BCUT2D eigenvalue weighted by atomic mass is 35.5. The van der Waals surface area contributed by atoms with Gasteiger partial charge in [0, 0.05) is 17.0 Å². The van der Waals surface area contributed by atoms with Gasteiger partial charge in [0.1, 0.15) is 5.82 Å². The summed E-state index contributed by atoms with van der Waals surface area (Å²) in [4.78, 5) is 0. The second-order valence-corrected chi connectivity index (χ2v) is 5.32. The minimum absolute atomic E-state index is 0.315. The highest BCUT2D eigenvalue weighted by molar-refractivity contribution is 6.30. The van der Waals surface area contributed by atoms with Crippen LogP contribution >= 0.6 is 11.6 Å². The number of hydrogen-bond donors (Lipinski definition) is 2. The molecular formula is C13H17ClFNO. The lowest BCUT2D eigenvalue weighted by atomic mass is 9.78. The smallest absolute Gasteiger partial charge is 0.127 e. The van der Waals surface area contributed by atoms with Crippen molar-refractivity contribution in [3.63, 3.8) is 0 Å². The molecule has 1 fully saturated rings. The third-order valence-electron chi connectivity index (χ3n) is 3.82. The fourth-order valence-electron chi connectivity index (χ4n) is 2.68. The fraction of sp³-hybridized carbons (Fsp3) is 0.538. The Kier molecular flexibility index (Phi) is 3.71. The molecule has 0 radical (unpaired) electrons. The van der Waals surface area contributed by atoms with Crippen molar-refractivity contribution >= 4 is 11.6 Å². The average molecular weight is 258 g/mol. The van der Waals surface area contributed by atoms with Crippen LogP contribution in [0.5, 0.6) is 0 Å². The second-order valence-electron chi connectivity index (χ2n) is 4.89. The lowest BCUT2D eigenvalue weighted by Gasteiger charge is -2.31. The number of rotatable bonds is 3. The molecule has 2 atom stereocenters. The van der Waals surface area contributed by atoms with Crippen LogP contribution in [0.3, 0.4) is 0 Å². The summed E-state index contributed by atoms with van der Waals surface area (Å²) in [6.07, 6.45) is 2.61. The molecule has 1 aromatic carbocycles. The summed E-state index contributed by atoms with van der Waals surface area (Å²) < 4.78 is 13.7. The first-order valence-electron chi connectivity index (χ1n) is 5.89. The summed E-state index contributed by atoms with van der Waals surface area (Å²) in [5.74, 6) is -0.315. The number of aliphatic hydroxyl groups excluding tert-OH is 1. The highest BCUT2D eigenvalue weighted by Crippen LogP contribution is 2.40. The summed E-state index contributed by atoms with van der Waals surface area (Å²) in [5, 5.41) is 10.4. The van der Waals surface area contributed by atoms with Crippen LogP contribution in [-0.4, -0.2) is 17.8 Å². The Labute approximate surface area is 106 Å². The molecule has 0 aromatic heterocycles.